The predicted molar refractivity (Wildman–Crippen MR) is 184 cm³/mol. The maximum atomic E-state index is 12.2. The second kappa shape index (κ2) is 18.6. The summed E-state index contributed by atoms with van der Waals surface area (Å²) in [6.07, 6.45) is 5.26. The minimum absolute atomic E-state index is 0.0204. The molecule has 5 atom stereocenters. The van der Waals surface area contributed by atoms with Crippen molar-refractivity contribution in [2.24, 2.45) is 23.7 Å². The Morgan fingerprint density at radius 2 is 1.80 bits per heavy atom. The molecule has 0 radical (unpaired) electrons. The van der Waals surface area contributed by atoms with Gasteiger partial charge in [-0.1, -0.05) is 68.8 Å². The van der Waals surface area contributed by atoms with E-state index in [2.05, 4.69) is 79.3 Å². The van der Waals surface area contributed by atoms with Gasteiger partial charge in [0.25, 0.3) is 0 Å². The maximum Gasteiger partial charge on any atom is 0.345 e. The van der Waals surface area contributed by atoms with Crippen LogP contribution in [0.3, 0.4) is 0 Å². The zero-order chi connectivity index (χ0) is 33.7. The first-order chi connectivity index (χ1) is 21.1. The molecule has 1 aromatic carbocycles. The number of nitrogens with one attached hydrogen (secondary N) is 2. The molecular weight excluding hydrogens is 611 g/mol. The van der Waals surface area contributed by atoms with Crippen LogP contribution in [0.4, 0.5) is 0 Å². The van der Waals surface area contributed by atoms with Gasteiger partial charge in [-0.3, -0.25) is 14.4 Å². The average Bonchev–Trinajstić information content (AvgIpc) is 3.77. The second-order valence-electron chi connectivity index (χ2n) is 13.5. The number of ether oxygens (including phenoxy) is 1. The summed E-state index contributed by atoms with van der Waals surface area (Å²) >= 11 is 4.39. The summed E-state index contributed by atoms with van der Waals surface area (Å²) in [5.74, 6) is -1.56. The van der Waals surface area contributed by atoms with Crippen LogP contribution in [0.1, 0.15) is 84.3 Å². The van der Waals surface area contributed by atoms with Crippen molar-refractivity contribution in [3.8, 4) is 0 Å². The molecule has 0 spiro atoms. The van der Waals surface area contributed by atoms with Crippen LogP contribution in [-0.2, 0) is 30.5 Å². The quantitative estimate of drug-likeness (QED) is 0.0628. The molecule has 0 aliphatic heterocycles. The number of hydrogen-bond acceptors (Lipinski definition) is 8. The van der Waals surface area contributed by atoms with Crippen molar-refractivity contribution in [2.75, 3.05) is 26.7 Å². The molecule has 252 valence electrons. The van der Waals surface area contributed by atoms with Gasteiger partial charge in [-0.25, -0.2) is 4.79 Å². The van der Waals surface area contributed by atoms with Crippen LogP contribution in [0, 0.1) is 23.7 Å². The van der Waals surface area contributed by atoms with Crippen molar-refractivity contribution in [3.05, 3.63) is 47.5 Å². The number of carbonyl (C=O) groups is 4. The highest BCUT2D eigenvalue weighted by molar-refractivity contribution is 8.69. The normalized spacial score (nSPS) is 18.4. The van der Waals surface area contributed by atoms with Crippen molar-refractivity contribution in [1.82, 2.24) is 15.5 Å². The number of hydrogen-bond donors (Lipinski definition) is 4. The van der Waals surface area contributed by atoms with E-state index in [1.54, 1.807) is 17.7 Å². The Bertz CT molecular complexity index is 1160. The van der Waals surface area contributed by atoms with E-state index in [0.29, 0.717) is 17.8 Å². The van der Waals surface area contributed by atoms with Gasteiger partial charge in [0.15, 0.2) is 6.10 Å². The van der Waals surface area contributed by atoms with Crippen LogP contribution in [0.15, 0.2) is 36.4 Å². The number of thiol groups is 1. The van der Waals surface area contributed by atoms with Crippen molar-refractivity contribution in [2.45, 2.75) is 90.5 Å². The topological polar surface area (TPSA) is 125 Å². The van der Waals surface area contributed by atoms with E-state index in [1.165, 1.54) is 23.6 Å². The Hall–Kier alpha value is -2.50. The van der Waals surface area contributed by atoms with Crippen LogP contribution in [0.25, 0.3) is 0 Å². The largest absolute Gasteiger partial charge is 0.479 e. The van der Waals surface area contributed by atoms with E-state index in [-0.39, 0.29) is 36.1 Å². The summed E-state index contributed by atoms with van der Waals surface area (Å²) in [7, 11) is 3.74. The van der Waals surface area contributed by atoms with E-state index in [9.17, 15) is 24.3 Å². The van der Waals surface area contributed by atoms with Gasteiger partial charge in [0, 0.05) is 24.4 Å². The van der Waals surface area contributed by atoms with Crippen LogP contribution in [0.5, 0.6) is 0 Å². The standard InChI is InChI=1S/C34H53N3O6S2/c1-22(2)16-29(32(40)41)43-33(42)24(4)18-35-31(39)19-36-30(38)11-9-8-10-23(3)27-17-28(27)26-14-12-25(13-15-26)20-37(7)21-34(5,6)45-44/h9,11-15,22-24,27-29,44H,8,10,16-21H2,1-7H3,(H,35,39)(H,36,38)(H,40,41)/b11-9+/t23-,24+,27?,28+,29-/m0/s1. The number of carbonyl (C=O) groups excluding carboxylic acids is 3. The van der Waals surface area contributed by atoms with E-state index in [0.717, 1.165) is 25.9 Å². The van der Waals surface area contributed by atoms with Crippen LogP contribution >= 0.6 is 22.5 Å². The molecule has 1 aliphatic rings. The highest BCUT2D eigenvalue weighted by atomic mass is 33.1. The smallest absolute Gasteiger partial charge is 0.345 e. The lowest BCUT2D eigenvalue weighted by atomic mass is 9.96. The highest BCUT2D eigenvalue weighted by Crippen LogP contribution is 2.52. The third-order valence-corrected chi connectivity index (χ3v) is 10.1. The van der Waals surface area contributed by atoms with Crippen molar-refractivity contribution in [3.63, 3.8) is 0 Å². The fourth-order valence-corrected chi connectivity index (χ4v) is 5.88. The first kappa shape index (κ1) is 38.7. The van der Waals surface area contributed by atoms with Gasteiger partial charge in [0.05, 0.1) is 12.5 Å². The molecule has 2 rings (SSSR count). The highest BCUT2D eigenvalue weighted by Gasteiger charge is 2.41. The molecule has 0 saturated heterocycles. The summed E-state index contributed by atoms with van der Waals surface area (Å²) < 4.78 is 5.20. The number of carboxylic acids is 1. The number of esters is 1. The minimum Gasteiger partial charge on any atom is -0.479 e. The molecule has 0 heterocycles. The number of allylic oxidation sites excluding steroid dienone is 1. The summed E-state index contributed by atoms with van der Waals surface area (Å²) in [5.41, 5.74) is 2.72. The van der Waals surface area contributed by atoms with Gasteiger partial charge in [0.2, 0.25) is 11.8 Å². The van der Waals surface area contributed by atoms with E-state index in [1.807, 2.05) is 19.9 Å². The van der Waals surface area contributed by atoms with Gasteiger partial charge in [-0.05, 0) is 87.5 Å². The maximum absolute atomic E-state index is 12.2. The number of nitrogens with zero attached hydrogens (tertiary/aromatic N) is 1. The Balaban J connectivity index is 1.64. The molecule has 11 heteroatoms. The first-order valence-electron chi connectivity index (χ1n) is 15.9. The first-order valence-corrected chi connectivity index (χ1v) is 17.7. The SMILES string of the molecule is CC(C)C[C@H](OC(=O)[C@H](C)CNC(=O)CNC(=O)/C=C/CC[C@H](C)C1C[C@@H]1c1ccc(CN(C)CC(C)(C)SS)cc1)C(=O)O. The van der Waals surface area contributed by atoms with E-state index in [4.69, 9.17) is 4.74 Å². The number of benzene rings is 1. The molecule has 1 saturated carbocycles. The lowest BCUT2D eigenvalue weighted by Crippen LogP contribution is -2.40. The number of rotatable bonds is 20. The van der Waals surface area contributed by atoms with Crippen molar-refractivity contribution >= 4 is 46.2 Å². The minimum atomic E-state index is -1.22. The van der Waals surface area contributed by atoms with E-state index < -0.39 is 29.9 Å². The van der Waals surface area contributed by atoms with Gasteiger partial charge in [0.1, 0.15) is 0 Å². The third-order valence-electron chi connectivity index (χ3n) is 8.04. The Morgan fingerprint density at radius 1 is 1.13 bits per heavy atom. The van der Waals surface area contributed by atoms with Gasteiger partial charge >= 0.3 is 11.9 Å². The fourth-order valence-electron chi connectivity index (χ4n) is 5.43. The number of amides is 2. The van der Waals surface area contributed by atoms with Crippen LogP contribution < -0.4 is 10.6 Å². The van der Waals surface area contributed by atoms with E-state index >= 15 is 0 Å². The molecule has 0 aromatic heterocycles. The number of carboxylic acid groups (broad SMARTS) is 1. The molecule has 2 amide bonds. The lowest BCUT2D eigenvalue weighted by Gasteiger charge is -2.28. The molecular formula is C34H53N3O6S2. The molecule has 1 unspecified atom stereocenters. The van der Waals surface area contributed by atoms with Crippen LogP contribution in [0.2, 0.25) is 0 Å². The zero-order valence-corrected chi connectivity index (χ0v) is 29.6. The Morgan fingerprint density at radius 3 is 2.40 bits per heavy atom. The molecule has 0 bridgehead atoms. The second-order valence-corrected chi connectivity index (χ2v) is 15.4. The monoisotopic (exact) mass is 663 g/mol. The zero-order valence-electron chi connectivity index (χ0n) is 27.9. The molecule has 45 heavy (non-hydrogen) atoms. The molecule has 1 aliphatic carbocycles. The molecule has 1 fully saturated rings. The number of aliphatic carboxylic acids is 1. The Kier molecular flexibility index (Phi) is 16.0. The molecule has 9 nitrogen and oxygen atoms in total. The predicted octanol–water partition coefficient (Wildman–Crippen LogP) is 5.46. The Labute approximate surface area is 278 Å². The van der Waals surface area contributed by atoms with Gasteiger partial charge < -0.3 is 25.4 Å². The molecule has 1 aromatic rings. The summed E-state index contributed by atoms with van der Waals surface area (Å²) in [4.78, 5) is 50.1. The van der Waals surface area contributed by atoms with Crippen molar-refractivity contribution < 1.29 is 29.0 Å². The average molecular weight is 664 g/mol. The van der Waals surface area contributed by atoms with Gasteiger partial charge in [-0.2, -0.15) is 0 Å². The fraction of sp³-hybridized carbons (Fsp3) is 0.647. The lowest BCUT2D eigenvalue weighted by molar-refractivity contribution is -0.167. The summed E-state index contributed by atoms with van der Waals surface area (Å²) in [6, 6.07) is 9.03. The molecule has 3 N–H and O–H groups in total. The van der Waals surface area contributed by atoms with Crippen LogP contribution in [-0.4, -0.2) is 71.3 Å². The van der Waals surface area contributed by atoms with Gasteiger partial charge in [-0.15, -0.1) is 11.7 Å². The summed E-state index contributed by atoms with van der Waals surface area (Å²) in [6.45, 7) is 13.5. The summed E-state index contributed by atoms with van der Waals surface area (Å²) in [5, 5.41) is 14.4. The third kappa shape index (κ3) is 14.6. The van der Waals surface area contributed by atoms with Crippen molar-refractivity contribution in [1.29, 1.82) is 0 Å².